The molecule has 2 unspecified atom stereocenters. The van der Waals surface area contributed by atoms with Crippen LogP contribution in [0.5, 0.6) is 0 Å². The molecule has 3 heteroatoms. The summed E-state index contributed by atoms with van der Waals surface area (Å²) in [5.41, 5.74) is -0.0291. The Morgan fingerprint density at radius 1 is 1.37 bits per heavy atom. The third-order valence-electron chi connectivity index (χ3n) is 5.11. The van der Waals surface area contributed by atoms with Crippen molar-refractivity contribution in [2.24, 2.45) is 17.3 Å². The molecule has 1 heterocycles. The minimum Gasteiger partial charge on any atom is -0.338 e. The first-order valence-electron chi connectivity index (χ1n) is 7.87. The molecule has 2 fully saturated rings. The molecule has 0 aromatic rings. The molecule has 1 saturated carbocycles. The van der Waals surface area contributed by atoms with Gasteiger partial charge in [-0.1, -0.05) is 49.5 Å². The first-order chi connectivity index (χ1) is 9.00. The summed E-state index contributed by atoms with van der Waals surface area (Å²) in [6.07, 6.45) is 6.95. The van der Waals surface area contributed by atoms with E-state index in [0.29, 0.717) is 23.8 Å². The Morgan fingerprint density at radius 3 is 2.53 bits per heavy atom. The van der Waals surface area contributed by atoms with Gasteiger partial charge in [-0.05, 0) is 37.5 Å². The molecule has 2 atom stereocenters. The molecule has 0 bridgehead atoms. The van der Waals surface area contributed by atoms with Gasteiger partial charge in [-0.3, -0.25) is 4.79 Å². The lowest BCUT2D eigenvalue weighted by atomic mass is 9.77. The van der Waals surface area contributed by atoms with Crippen LogP contribution in [0.25, 0.3) is 0 Å². The van der Waals surface area contributed by atoms with Gasteiger partial charge in [-0.15, -0.1) is 0 Å². The Labute approximate surface area is 126 Å². The van der Waals surface area contributed by atoms with E-state index >= 15 is 0 Å². The van der Waals surface area contributed by atoms with E-state index in [1.54, 1.807) is 0 Å². The van der Waals surface area contributed by atoms with E-state index in [0.717, 1.165) is 31.1 Å². The number of alkyl halides is 1. The molecule has 1 aliphatic carbocycles. The van der Waals surface area contributed by atoms with Crippen molar-refractivity contribution in [2.45, 2.75) is 65.3 Å². The van der Waals surface area contributed by atoms with Crippen LogP contribution in [0.2, 0.25) is 0 Å². The van der Waals surface area contributed by atoms with E-state index in [2.05, 4.69) is 41.6 Å². The Morgan fingerprint density at radius 2 is 2.00 bits per heavy atom. The fourth-order valence-corrected chi connectivity index (χ4v) is 5.13. The third kappa shape index (κ3) is 3.01. The highest BCUT2D eigenvalue weighted by Gasteiger charge is 2.47. The molecule has 1 amide bonds. The third-order valence-corrected chi connectivity index (χ3v) is 5.78. The van der Waals surface area contributed by atoms with Crippen molar-refractivity contribution in [3.8, 4) is 0 Å². The van der Waals surface area contributed by atoms with Crippen LogP contribution in [-0.2, 0) is 4.79 Å². The number of nitrogens with zero attached hydrogens (tertiary/aromatic N) is 1. The highest BCUT2D eigenvalue weighted by atomic mass is 79.9. The highest BCUT2D eigenvalue weighted by molar-refractivity contribution is 9.09. The molecular formula is C16H28BrNO. The number of hydrogen-bond donors (Lipinski definition) is 0. The molecule has 19 heavy (non-hydrogen) atoms. The largest absolute Gasteiger partial charge is 0.338 e. The first-order valence-corrected chi connectivity index (χ1v) is 8.99. The van der Waals surface area contributed by atoms with Crippen molar-refractivity contribution in [3.05, 3.63) is 0 Å². The number of halogens is 1. The van der Waals surface area contributed by atoms with Crippen molar-refractivity contribution in [1.82, 2.24) is 4.90 Å². The van der Waals surface area contributed by atoms with Crippen molar-refractivity contribution < 1.29 is 4.79 Å². The van der Waals surface area contributed by atoms with Crippen LogP contribution in [0.3, 0.4) is 0 Å². The highest BCUT2D eigenvalue weighted by Crippen LogP contribution is 2.46. The lowest BCUT2D eigenvalue weighted by Gasteiger charge is -2.36. The lowest BCUT2D eigenvalue weighted by molar-refractivity contribution is -0.143. The van der Waals surface area contributed by atoms with E-state index in [9.17, 15) is 4.79 Å². The number of hydrogen-bond acceptors (Lipinski definition) is 1. The van der Waals surface area contributed by atoms with Gasteiger partial charge >= 0.3 is 0 Å². The molecule has 0 radical (unpaired) electrons. The summed E-state index contributed by atoms with van der Waals surface area (Å²) in [6.45, 7) is 7.75. The summed E-state index contributed by atoms with van der Waals surface area (Å²) in [4.78, 5) is 15.3. The zero-order chi connectivity index (χ0) is 14.0. The molecule has 2 aliphatic rings. The Kier molecular flexibility index (Phi) is 4.97. The minimum atomic E-state index is -0.0291. The number of carbonyl (C=O) groups excluding carboxylic acids is 1. The maximum Gasteiger partial charge on any atom is 0.229 e. The van der Waals surface area contributed by atoms with Crippen molar-refractivity contribution in [1.29, 1.82) is 0 Å². The Balaban J connectivity index is 2.16. The smallest absolute Gasteiger partial charge is 0.229 e. The molecular weight excluding hydrogens is 302 g/mol. The second-order valence-corrected chi connectivity index (χ2v) is 7.72. The lowest BCUT2D eigenvalue weighted by Crippen LogP contribution is -2.47. The standard InChI is InChI=1S/C16H28BrNO/c1-12(2)10-16(7-4-5-8-16)15(19)18-9-6-13(3)14(18)11-17/h12-14H,4-11H2,1-3H3. The second kappa shape index (κ2) is 6.15. The monoisotopic (exact) mass is 329 g/mol. The zero-order valence-electron chi connectivity index (χ0n) is 12.6. The first kappa shape index (κ1) is 15.3. The Bertz CT molecular complexity index is 323. The van der Waals surface area contributed by atoms with E-state index < -0.39 is 0 Å². The molecule has 0 spiro atoms. The molecule has 1 aliphatic heterocycles. The maximum atomic E-state index is 13.1. The van der Waals surface area contributed by atoms with Crippen LogP contribution in [0.4, 0.5) is 0 Å². The van der Waals surface area contributed by atoms with Crippen LogP contribution in [0.15, 0.2) is 0 Å². The number of likely N-dealkylation sites (tertiary alicyclic amines) is 1. The minimum absolute atomic E-state index is 0.0291. The topological polar surface area (TPSA) is 20.3 Å². The zero-order valence-corrected chi connectivity index (χ0v) is 14.2. The summed E-state index contributed by atoms with van der Waals surface area (Å²) in [5.74, 6) is 1.72. The fraction of sp³-hybridized carbons (Fsp3) is 0.938. The summed E-state index contributed by atoms with van der Waals surface area (Å²) in [5, 5.41) is 0.928. The van der Waals surface area contributed by atoms with Gasteiger partial charge in [0.15, 0.2) is 0 Å². The van der Waals surface area contributed by atoms with Crippen molar-refractivity contribution in [3.63, 3.8) is 0 Å². The van der Waals surface area contributed by atoms with E-state index in [4.69, 9.17) is 0 Å². The van der Waals surface area contributed by atoms with E-state index in [1.165, 1.54) is 19.3 Å². The quantitative estimate of drug-likeness (QED) is 0.707. The molecule has 0 N–H and O–H groups in total. The summed E-state index contributed by atoms with van der Waals surface area (Å²) < 4.78 is 0. The van der Waals surface area contributed by atoms with Crippen LogP contribution < -0.4 is 0 Å². The average Bonchev–Trinajstić information content (AvgIpc) is 2.95. The fourth-order valence-electron chi connectivity index (χ4n) is 4.14. The SMILES string of the molecule is CC(C)CC1(C(=O)N2CCC(C)C2CBr)CCCC1. The number of amides is 1. The molecule has 0 aromatic carbocycles. The second-order valence-electron chi connectivity index (χ2n) is 7.07. The van der Waals surface area contributed by atoms with Gasteiger partial charge in [-0.2, -0.15) is 0 Å². The normalized spacial score (nSPS) is 30.3. The van der Waals surface area contributed by atoms with Gasteiger partial charge in [0.25, 0.3) is 0 Å². The molecule has 1 saturated heterocycles. The molecule has 110 valence electrons. The van der Waals surface area contributed by atoms with Gasteiger partial charge in [-0.25, -0.2) is 0 Å². The van der Waals surface area contributed by atoms with Gasteiger partial charge in [0.2, 0.25) is 5.91 Å². The van der Waals surface area contributed by atoms with Crippen molar-refractivity contribution in [2.75, 3.05) is 11.9 Å². The molecule has 0 aromatic heterocycles. The predicted octanol–water partition coefficient (Wildman–Crippen LogP) is 4.22. The van der Waals surface area contributed by atoms with Crippen LogP contribution in [0.1, 0.15) is 59.3 Å². The van der Waals surface area contributed by atoms with Gasteiger partial charge in [0, 0.05) is 23.3 Å². The summed E-state index contributed by atoms with van der Waals surface area (Å²) >= 11 is 3.61. The molecule has 2 rings (SSSR count). The number of rotatable bonds is 4. The van der Waals surface area contributed by atoms with E-state index in [-0.39, 0.29) is 5.41 Å². The maximum absolute atomic E-state index is 13.1. The average molecular weight is 330 g/mol. The summed E-state index contributed by atoms with van der Waals surface area (Å²) in [7, 11) is 0. The van der Waals surface area contributed by atoms with Crippen LogP contribution in [-0.4, -0.2) is 28.7 Å². The van der Waals surface area contributed by atoms with E-state index in [1.807, 2.05) is 0 Å². The Hall–Kier alpha value is -0.0500. The van der Waals surface area contributed by atoms with Crippen LogP contribution in [0, 0.1) is 17.3 Å². The van der Waals surface area contributed by atoms with Crippen molar-refractivity contribution >= 4 is 21.8 Å². The number of carbonyl (C=O) groups is 1. The summed E-state index contributed by atoms with van der Waals surface area (Å²) in [6, 6.07) is 0.414. The van der Waals surface area contributed by atoms with Gasteiger partial charge in [0.05, 0.1) is 0 Å². The van der Waals surface area contributed by atoms with Crippen LogP contribution >= 0.6 is 15.9 Å². The van der Waals surface area contributed by atoms with Gasteiger partial charge < -0.3 is 4.90 Å². The molecule has 2 nitrogen and oxygen atoms in total. The van der Waals surface area contributed by atoms with Gasteiger partial charge in [0.1, 0.15) is 0 Å². The predicted molar refractivity (Wildman–Crippen MR) is 83.4 cm³/mol.